The van der Waals surface area contributed by atoms with Crippen LogP contribution in [0.3, 0.4) is 0 Å². The molecule has 1 aliphatic heterocycles. The molecular weight excluding hydrogens is 304 g/mol. The van der Waals surface area contributed by atoms with Crippen LogP contribution in [0.5, 0.6) is 0 Å². The number of aromatic nitrogens is 3. The number of hydrogen-bond donors (Lipinski definition) is 1. The van der Waals surface area contributed by atoms with Gasteiger partial charge in [0.1, 0.15) is 10.7 Å². The van der Waals surface area contributed by atoms with Gasteiger partial charge in [-0.3, -0.25) is 14.3 Å². The van der Waals surface area contributed by atoms with Crippen molar-refractivity contribution in [2.75, 3.05) is 6.54 Å². The predicted octanol–water partition coefficient (Wildman–Crippen LogP) is 2.05. The highest BCUT2D eigenvalue weighted by atomic mass is 35.5. The minimum absolute atomic E-state index is 0.131. The van der Waals surface area contributed by atoms with E-state index >= 15 is 0 Å². The van der Waals surface area contributed by atoms with E-state index in [4.69, 9.17) is 11.6 Å². The number of aryl methyl sites for hydroxylation is 2. The summed E-state index contributed by atoms with van der Waals surface area (Å²) < 4.78 is 1.61. The summed E-state index contributed by atoms with van der Waals surface area (Å²) in [7, 11) is 1.78. The number of rotatable bonds is 2. The second-order valence-electron chi connectivity index (χ2n) is 5.48. The van der Waals surface area contributed by atoms with Gasteiger partial charge in [0.25, 0.3) is 11.5 Å². The van der Waals surface area contributed by atoms with Gasteiger partial charge in [0.2, 0.25) is 0 Å². The monoisotopic (exact) mass is 320 g/mol. The Morgan fingerprint density at radius 2 is 2.27 bits per heavy atom. The summed E-state index contributed by atoms with van der Waals surface area (Å²) in [5.74, 6) is -0.260. The maximum atomic E-state index is 12.7. The Hall–Kier alpha value is -2.08. The van der Waals surface area contributed by atoms with Crippen molar-refractivity contribution in [2.24, 2.45) is 7.05 Å². The second kappa shape index (κ2) is 5.61. The van der Waals surface area contributed by atoms with E-state index < -0.39 is 0 Å². The number of carbonyl (C=O) groups excluding carboxylic acids is 1. The molecule has 1 atom stereocenters. The van der Waals surface area contributed by atoms with Crippen LogP contribution in [0.4, 0.5) is 0 Å². The van der Waals surface area contributed by atoms with Crippen molar-refractivity contribution in [2.45, 2.75) is 25.8 Å². The van der Waals surface area contributed by atoms with Crippen LogP contribution in [0.1, 0.15) is 40.5 Å². The molecule has 0 bridgehead atoms. The van der Waals surface area contributed by atoms with Crippen LogP contribution in [0.25, 0.3) is 0 Å². The van der Waals surface area contributed by atoms with Gasteiger partial charge in [-0.1, -0.05) is 11.6 Å². The van der Waals surface area contributed by atoms with E-state index in [0.29, 0.717) is 11.7 Å². The molecule has 0 aromatic carbocycles. The van der Waals surface area contributed by atoms with Crippen LogP contribution in [-0.4, -0.2) is 32.1 Å². The number of halogens is 1. The predicted molar refractivity (Wildman–Crippen MR) is 83.0 cm³/mol. The fourth-order valence-corrected chi connectivity index (χ4v) is 3.38. The first-order valence-electron chi connectivity index (χ1n) is 7.18. The van der Waals surface area contributed by atoms with E-state index in [2.05, 4.69) is 10.1 Å². The highest BCUT2D eigenvalue weighted by Crippen LogP contribution is 2.37. The Morgan fingerprint density at radius 3 is 2.91 bits per heavy atom. The molecule has 2 aromatic heterocycles. The zero-order valence-corrected chi connectivity index (χ0v) is 13.2. The lowest BCUT2D eigenvalue weighted by atomic mass is 10.1. The summed E-state index contributed by atoms with van der Waals surface area (Å²) in [5, 5.41) is 4.86. The number of hydrogen-bond acceptors (Lipinski definition) is 3. The van der Waals surface area contributed by atoms with Crippen molar-refractivity contribution in [3.05, 3.63) is 50.7 Å². The minimum atomic E-state index is -0.368. The first-order chi connectivity index (χ1) is 10.5. The molecule has 116 valence electrons. The van der Waals surface area contributed by atoms with E-state index in [1.165, 1.54) is 6.20 Å². The van der Waals surface area contributed by atoms with Crippen LogP contribution in [0.2, 0.25) is 5.15 Å². The van der Waals surface area contributed by atoms with Crippen molar-refractivity contribution in [3.8, 4) is 0 Å². The third-order valence-corrected chi connectivity index (χ3v) is 4.54. The van der Waals surface area contributed by atoms with E-state index in [1.54, 1.807) is 28.8 Å². The lowest BCUT2D eigenvalue weighted by Crippen LogP contribution is -2.34. The number of carbonyl (C=O) groups is 1. The molecule has 0 spiro atoms. The molecular formula is C15H17ClN4O2. The number of pyridine rings is 1. The smallest absolute Gasteiger partial charge is 0.260 e. The third-order valence-electron chi connectivity index (χ3n) is 4.09. The quantitative estimate of drug-likeness (QED) is 0.920. The van der Waals surface area contributed by atoms with Gasteiger partial charge in [-0.15, -0.1) is 0 Å². The molecule has 1 fully saturated rings. The number of nitrogens with zero attached hydrogens (tertiary/aromatic N) is 3. The molecule has 22 heavy (non-hydrogen) atoms. The number of aromatic amines is 1. The SMILES string of the molecule is Cc1nn(C)c(Cl)c1[C@@H]1CCCN1C(=O)c1ccc[nH]c1=O. The summed E-state index contributed by atoms with van der Waals surface area (Å²) >= 11 is 6.34. The fourth-order valence-electron chi connectivity index (χ4n) is 3.08. The Bertz CT molecular complexity index is 780. The summed E-state index contributed by atoms with van der Waals surface area (Å²) in [5.41, 5.74) is 1.49. The summed E-state index contributed by atoms with van der Waals surface area (Å²) in [6.07, 6.45) is 3.22. The molecule has 1 N–H and O–H groups in total. The molecule has 0 aliphatic carbocycles. The van der Waals surface area contributed by atoms with Crippen molar-refractivity contribution < 1.29 is 4.79 Å². The van der Waals surface area contributed by atoms with Gasteiger partial charge in [-0.05, 0) is 31.9 Å². The van der Waals surface area contributed by atoms with Gasteiger partial charge in [-0.25, -0.2) is 0 Å². The van der Waals surface area contributed by atoms with Gasteiger partial charge >= 0.3 is 0 Å². The molecule has 6 nitrogen and oxygen atoms in total. The first-order valence-corrected chi connectivity index (χ1v) is 7.56. The van der Waals surface area contributed by atoms with Crippen LogP contribution in [0.15, 0.2) is 23.1 Å². The molecule has 0 saturated carbocycles. The van der Waals surface area contributed by atoms with Crippen LogP contribution < -0.4 is 5.56 Å². The van der Waals surface area contributed by atoms with Crippen LogP contribution >= 0.6 is 11.6 Å². The molecule has 0 radical (unpaired) electrons. The first kappa shape index (κ1) is 14.8. The molecule has 1 aliphatic rings. The lowest BCUT2D eigenvalue weighted by molar-refractivity contribution is 0.0733. The molecule has 3 rings (SSSR count). The van der Waals surface area contributed by atoms with Crippen LogP contribution in [0, 0.1) is 6.92 Å². The Balaban J connectivity index is 1.99. The Labute approximate surface area is 132 Å². The highest BCUT2D eigenvalue weighted by Gasteiger charge is 2.35. The fraction of sp³-hybridized carbons (Fsp3) is 0.400. The minimum Gasteiger partial charge on any atom is -0.331 e. The summed E-state index contributed by atoms with van der Waals surface area (Å²) in [4.78, 5) is 28.8. The number of nitrogens with one attached hydrogen (secondary N) is 1. The van der Waals surface area contributed by atoms with E-state index in [9.17, 15) is 9.59 Å². The summed E-state index contributed by atoms with van der Waals surface area (Å²) in [6.45, 7) is 2.50. The zero-order valence-electron chi connectivity index (χ0n) is 12.5. The molecule has 0 unspecified atom stereocenters. The van der Waals surface area contributed by atoms with Gasteiger partial charge in [0, 0.05) is 25.4 Å². The normalized spacial score (nSPS) is 18.0. The molecule has 1 saturated heterocycles. The Kier molecular flexibility index (Phi) is 3.78. The standard InChI is InChI=1S/C15H17ClN4O2/c1-9-12(13(16)19(2)18-9)11-6-4-8-20(11)15(22)10-5-3-7-17-14(10)21/h3,5,7,11H,4,6,8H2,1-2H3,(H,17,21)/t11-/m0/s1. The second-order valence-corrected chi connectivity index (χ2v) is 5.84. The van der Waals surface area contributed by atoms with Crippen molar-refractivity contribution in [1.82, 2.24) is 19.7 Å². The molecule has 2 aromatic rings. The van der Waals surface area contributed by atoms with E-state index in [-0.39, 0.29) is 23.1 Å². The van der Waals surface area contributed by atoms with Crippen LogP contribution in [-0.2, 0) is 7.05 Å². The number of H-pyrrole nitrogens is 1. The summed E-state index contributed by atoms with van der Waals surface area (Å²) in [6, 6.07) is 3.07. The van der Waals surface area contributed by atoms with Gasteiger partial charge in [0.15, 0.2) is 0 Å². The van der Waals surface area contributed by atoms with E-state index in [1.807, 2.05) is 6.92 Å². The van der Waals surface area contributed by atoms with Gasteiger partial charge in [-0.2, -0.15) is 5.10 Å². The number of amides is 1. The zero-order chi connectivity index (χ0) is 15.9. The van der Waals surface area contributed by atoms with Crippen molar-refractivity contribution in [1.29, 1.82) is 0 Å². The van der Waals surface area contributed by atoms with Crippen molar-refractivity contribution >= 4 is 17.5 Å². The highest BCUT2D eigenvalue weighted by molar-refractivity contribution is 6.30. The van der Waals surface area contributed by atoms with E-state index in [0.717, 1.165) is 24.1 Å². The number of likely N-dealkylation sites (tertiary alicyclic amines) is 1. The topological polar surface area (TPSA) is 71.0 Å². The van der Waals surface area contributed by atoms with Crippen molar-refractivity contribution in [3.63, 3.8) is 0 Å². The third kappa shape index (κ3) is 2.33. The maximum absolute atomic E-state index is 12.7. The maximum Gasteiger partial charge on any atom is 0.260 e. The molecule has 3 heterocycles. The molecule has 7 heteroatoms. The Morgan fingerprint density at radius 1 is 1.50 bits per heavy atom. The van der Waals surface area contributed by atoms with Gasteiger partial charge < -0.3 is 9.88 Å². The molecule has 1 amide bonds. The lowest BCUT2D eigenvalue weighted by Gasteiger charge is -2.24. The average Bonchev–Trinajstić information content (AvgIpc) is 3.04. The van der Waals surface area contributed by atoms with Gasteiger partial charge in [0.05, 0.1) is 11.7 Å². The largest absolute Gasteiger partial charge is 0.331 e. The average molecular weight is 321 g/mol.